The van der Waals surface area contributed by atoms with E-state index in [-0.39, 0.29) is 36.2 Å². The zero-order chi connectivity index (χ0) is 28.7. The number of aliphatic hydroxyl groups excluding tert-OH is 1. The number of rotatable bonds is 6. The number of ether oxygens (including phenoxy) is 2. The van der Waals surface area contributed by atoms with E-state index in [0.29, 0.717) is 54.8 Å². The van der Waals surface area contributed by atoms with Crippen molar-refractivity contribution in [3.8, 4) is 11.3 Å². The molecule has 0 radical (unpaired) electrons. The number of aryl methyl sites for hydroxylation is 1. The van der Waals surface area contributed by atoms with Crippen molar-refractivity contribution in [2.45, 2.75) is 84.8 Å². The molecule has 4 atom stereocenters. The molecule has 0 unspecified atom stereocenters. The molecule has 4 heterocycles. The molecule has 0 amide bonds. The van der Waals surface area contributed by atoms with Crippen molar-refractivity contribution in [1.82, 2.24) is 19.4 Å². The first kappa shape index (κ1) is 29.0. The molecule has 216 valence electrons. The fourth-order valence-electron chi connectivity index (χ4n) is 6.07. The summed E-state index contributed by atoms with van der Waals surface area (Å²) in [7, 11) is 0. The van der Waals surface area contributed by atoms with Crippen molar-refractivity contribution < 1.29 is 14.6 Å². The predicted molar refractivity (Wildman–Crippen MR) is 158 cm³/mol. The fraction of sp³-hybridized carbons (Fsp3) is 0.567. The molecule has 2 aliphatic rings. The molecule has 2 aliphatic heterocycles. The van der Waals surface area contributed by atoms with E-state index in [1.165, 1.54) is 0 Å². The summed E-state index contributed by atoms with van der Waals surface area (Å²) in [5, 5.41) is 14.7. The largest absolute Gasteiger partial charge is 0.389 e. The number of hydrogen-bond donors (Lipinski definition) is 2. The van der Waals surface area contributed by atoms with Crippen LogP contribution in [0.3, 0.4) is 0 Å². The summed E-state index contributed by atoms with van der Waals surface area (Å²) in [6, 6.07) is 4.23. The van der Waals surface area contributed by atoms with Crippen LogP contribution >= 0.6 is 11.6 Å². The minimum Gasteiger partial charge on any atom is -0.389 e. The summed E-state index contributed by atoms with van der Waals surface area (Å²) in [4.78, 5) is 25.3. The van der Waals surface area contributed by atoms with Crippen LogP contribution in [0.15, 0.2) is 23.1 Å². The molecular formula is C30H40ClN5O4. The van der Waals surface area contributed by atoms with Gasteiger partial charge in [-0.3, -0.25) is 9.69 Å². The number of halogens is 1. The highest BCUT2D eigenvalue weighted by atomic mass is 35.5. The number of fused-ring (bicyclic) bond motifs is 1. The van der Waals surface area contributed by atoms with Gasteiger partial charge < -0.3 is 24.5 Å². The van der Waals surface area contributed by atoms with Crippen molar-refractivity contribution in [2.75, 3.05) is 31.7 Å². The van der Waals surface area contributed by atoms with Gasteiger partial charge in [0.25, 0.3) is 0 Å². The van der Waals surface area contributed by atoms with Crippen LogP contribution in [0.5, 0.6) is 0 Å². The molecule has 2 N–H and O–H groups in total. The third kappa shape index (κ3) is 5.37. The van der Waals surface area contributed by atoms with Crippen LogP contribution in [0.2, 0.25) is 5.02 Å². The van der Waals surface area contributed by atoms with E-state index in [2.05, 4.69) is 47.5 Å². The smallest absolute Gasteiger partial charge is 0.223 e. The zero-order valence-electron chi connectivity index (χ0n) is 24.2. The monoisotopic (exact) mass is 569 g/mol. The van der Waals surface area contributed by atoms with Crippen molar-refractivity contribution in [3.63, 3.8) is 0 Å². The maximum Gasteiger partial charge on any atom is 0.223 e. The lowest BCUT2D eigenvalue weighted by Crippen LogP contribution is -2.49. The third-order valence-corrected chi connectivity index (χ3v) is 8.60. The number of aliphatic hydroxyl groups is 1. The van der Waals surface area contributed by atoms with Gasteiger partial charge in [0.05, 0.1) is 54.4 Å². The molecule has 0 saturated carbocycles. The van der Waals surface area contributed by atoms with E-state index < -0.39 is 6.10 Å². The lowest BCUT2D eigenvalue weighted by Gasteiger charge is -2.40. The maximum absolute atomic E-state index is 13.7. The number of anilines is 1. The summed E-state index contributed by atoms with van der Waals surface area (Å²) in [5.41, 5.74) is 5.11. The van der Waals surface area contributed by atoms with Gasteiger partial charge in [0.2, 0.25) is 5.95 Å². The van der Waals surface area contributed by atoms with E-state index in [1.54, 1.807) is 6.20 Å². The number of morpholine rings is 1. The molecule has 0 spiro atoms. The molecule has 1 aromatic carbocycles. The first-order chi connectivity index (χ1) is 19.1. The minimum atomic E-state index is -0.641. The van der Waals surface area contributed by atoms with Crippen LogP contribution in [0.4, 0.5) is 5.95 Å². The highest BCUT2D eigenvalue weighted by molar-refractivity contribution is 6.33. The van der Waals surface area contributed by atoms with E-state index >= 15 is 0 Å². The number of pyridine rings is 1. The summed E-state index contributed by atoms with van der Waals surface area (Å²) in [6.07, 6.45) is 1.59. The van der Waals surface area contributed by atoms with Gasteiger partial charge in [-0.25, -0.2) is 9.97 Å². The van der Waals surface area contributed by atoms with Crippen LogP contribution in [-0.4, -0.2) is 75.2 Å². The lowest BCUT2D eigenvalue weighted by molar-refractivity contribution is -0.0420. The molecule has 10 heteroatoms. The van der Waals surface area contributed by atoms with Crippen LogP contribution in [0, 0.1) is 13.8 Å². The molecule has 3 aromatic rings. The van der Waals surface area contributed by atoms with Crippen molar-refractivity contribution in [2.24, 2.45) is 0 Å². The Morgan fingerprint density at radius 2 is 1.85 bits per heavy atom. The average Bonchev–Trinajstić information content (AvgIpc) is 2.91. The lowest BCUT2D eigenvalue weighted by atomic mass is 9.97. The molecular weight excluding hydrogens is 530 g/mol. The van der Waals surface area contributed by atoms with Gasteiger partial charge in [-0.1, -0.05) is 17.7 Å². The number of nitrogens with zero attached hydrogens (tertiary/aromatic N) is 4. The van der Waals surface area contributed by atoms with Crippen LogP contribution in [-0.2, 0) is 16.0 Å². The van der Waals surface area contributed by atoms with Gasteiger partial charge in [-0.15, -0.1) is 0 Å². The molecule has 9 nitrogen and oxygen atoms in total. The Hall–Kier alpha value is -2.56. The number of hydrogen-bond acceptors (Lipinski definition) is 8. The second-order valence-corrected chi connectivity index (χ2v) is 11.9. The van der Waals surface area contributed by atoms with Crippen molar-refractivity contribution in [1.29, 1.82) is 0 Å². The van der Waals surface area contributed by atoms with E-state index in [9.17, 15) is 9.90 Å². The van der Waals surface area contributed by atoms with Gasteiger partial charge in [0.1, 0.15) is 0 Å². The predicted octanol–water partition coefficient (Wildman–Crippen LogP) is 4.48. The third-order valence-electron chi connectivity index (χ3n) is 8.32. The van der Waals surface area contributed by atoms with E-state index in [4.69, 9.17) is 26.1 Å². The first-order valence-corrected chi connectivity index (χ1v) is 14.5. The Kier molecular flexibility index (Phi) is 8.50. The van der Waals surface area contributed by atoms with Crippen molar-refractivity contribution >= 4 is 28.5 Å². The number of aromatic nitrogens is 3. The Bertz CT molecular complexity index is 1450. The first-order valence-electron chi connectivity index (χ1n) is 14.1. The topological polar surface area (TPSA) is 102 Å². The van der Waals surface area contributed by atoms with E-state index in [1.807, 2.05) is 26.0 Å². The van der Waals surface area contributed by atoms with Crippen LogP contribution in [0.25, 0.3) is 22.2 Å². The number of benzene rings is 1. The molecule has 0 bridgehead atoms. The van der Waals surface area contributed by atoms with Crippen LogP contribution in [0.1, 0.15) is 57.0 Å². The zero-order valence-corrected chi connectivity index (χ0v) is 25.0. The van der Waals surface area contributed by atoms with Gasteiger partial charge >= 0.3 is 0 Å². The quantitative estimate of drug-likeness (QED) is 0.448. The Morgan fingerprint density at radius 3 is 2.52 bits per heavy atom. The highest BCUT2D eigenvalue weighted by Crippen LogP contribution is 2.35. The maximum atomic E-state index is 13.7. The second-order valence-electron chi connectivity index (χ2n) is 11.5. The second kappa shape index (κ2) is 11.7. The highest BCUT2D eigenvalue weighted by Gasteiger charge is 2.29. The van der Waals surface area contributed by atoms with Gasteiger partial charge in [-0.2, -0.15) is 0 Å². The normalized spacial score (nSPS) is 24.1. The summed E-state index contributed by atoms with van der Waals surface area (Å²) in [5.74, 6) is 0.394. The average molecular weight is 570 g/mol. The SMILES string of the molecule is Cc1c(CN2[C@@H](C)COC[C@@H]2C)n(C(C)C)c2c(C)c(-c3nc(N[C@@H]4CCOC[C@H]4O)ncc3Cl)ccc2c1=O. The minimum absolute atomic E-state index is 0.0507. The molecule has 0 aliphatic carbocycles. The van der Waals surface area contributed by atoms with Crippen molar-refractivity contribution in [3.05, 3.63) is 50.4 Å². The van der Waals surface area contributed by atoms with Crippen LogP contribution < -0.4 is 10.7 Å². The standard InChI is InChI=1S/C30H40ClN5O4/c1-16(2)36-25(12-35-17(3)13-40-14-18(35)4)20(6)29(38)22-8-7-21(19(5)28(22)36)27-23(31)11-32-30(34-27)33-24-9-10-39-15-26(24)37/h7-8,11,16-18,24,26,37H,9-10,12-15H2,1-6H3,(H,32,33,34)/t17-,18-,24+,26+/m0/s1. The fourth-order valence-corrected chi connectivity index (χ4v) is 6.26. The Morgan fingerprint density at radius 1 is 1.12 bits per heavy atom. The van der Waals surface area contributed by atoms with Gasteiger partial charge in [0.15, 0.2) is 5.43 Å². The number of nitrogens with one attached hydrogen (secondary N) is 1. The summed E-state index contributed by atoms with van der Waals surface area (Å²) in [6.45, 7) is 15.5. The summed E-state index contributed by atoms with van der Waals surface area (Å²) >= 11 is 6.67. The molecule has 2 fully saturated rings. The van der Waals surface area contributed by atoms with E-state index in [0.717, 1.165) is 27.9 Å². The molecule has 2 aromatic heterocycles. The van der Waals surface area contributed by atoms with Gasteiger partial charge in [-0.05, 0) is 59.6 Å². The molecule has 5 rings (SSSR count). The molecule has 2 saturated heterocycles. The Labute approximate surface area is 240 Å². The Balaban J connectivity index is 1.64. The van der Waals surface area contributed by atoms with Gasteiger partial charge in [0, 0.05) is 53.5 Å². The molecule has 40 heavy (non-hydrogen) atoms. The summed E-state index contributed by atoms with van der Waals surface area (Å²) < 4.78 is 13.4.